The Hall–Kier alpha value is -5.74. The third-order valence-corrected chi connectivity index (χ3v) is 10.3. The first-order valence-corrected chi connectivity index (χ1v) is 17.5. The highest BCUT2D eigenvalue weighted by Crippen LogP contribution is 2.40. The van der Waals surface area contributed by atoms with E-state index in [-0.39, 0.29) is 5.70 Å². The normalized spacial score (nSPS) is 25.5. The number of benzene rings is 4. The molecule has 0 radical (unpaired) electrons. The zero-order valence-corrected chi connectivity index (χ0v) is 28.0. The summed E-state index contributed by atoms with van der Waals surface area (Å²) in [5, 5.41) is 52.7. The number of aromatic nitrogens is 1. The summed E-state index contributed by atoms with van der Waals surface area (Å²) in [5.74, 6) is 0. The molecule has 256 valence electrons. The van der Waals surface area contributed by atoms with E-state index >= 15 is 0 Å². The number of aliphatic hydroxyl groups excluding tert-OH is 4. The Morgan fingerprint density at radius 3 is 1.52 bits per heavy atom. The molecule has 5 aromatic rings. The predicted molar refractivity (Wildman–Crippen MR) is 203 cm³/mol. The van der Waals surface area contributed by atoms with Gasteiger partial charge in [0.25, 0.3) is 0 Å². The highest BCUT2D eigenvalue weighted by atomic mass is 16.3. The number of hydrogen-bond acceptors (Lipinski definition) is 7. The summed E-state index contributed by atoms with van der Waals surface area (Å²) in [6.07, 6.45) is -1.40. The molecule has 52 heavy (non-hydrogen) atoms. The fraction of sp³-hybridized carbons (Fsp3) is 0.136. The number of hydrogen-bond donors (Lipinski definition) is 6. The molecule has 8 nitrogen and oxygen atoms in total. The SMILES string of the molecule is OC1C2=NC(=C(c3ccccc3)C3NC(C(c4ccccc4)=C4C=CC(=N4)C(c4ccccc4)=c4ccc([nH]4)=C2c2ccccc2)C(O)C3O)C1O. The molecule has 8 bridgehead atoms. The first-order valence-electron chi connectivity index (χ1n) is 17.5. The van der Waals surface area contributed by atoms with E-state index in [0.29, 0.717) is 33.5 Å². The van der Waals surface area contributed by atoms with Crippen molar-refractivity contribution >= 4 is 33.7 Å². The summed E-state index contributed by atoms with van der Waals surface area (Å²) >= 11 is 0. The van der Waals surface area contributed by atoms with Gasteiger partial charge in [-0.3, -0.25) is 10.3 Å². The fourth-order valence-electron chi connectivity index (χ4n) is 7.92. The zero-order valence-electron chi connectivity index (χ0n) is 28.0. The number of aromatic amines is 1. The predicted octanol–water partition coefficient (Wildman–Crippen LogP) is 3.50. The van der Waals surface area contributed by atoms with Crippen LogP contribution >= 0.6 is 0 Å². The van der Waals surface area contributed by atoms with Gasteiger partial charge < -0.3 is 25.4 Å². The lowest BCUT2D eigenvalue weighted by Crippen LogP contribution is -2.37. The average Bonchev–Trinajstić information content (AvgIpc) is 3.98. The Morgan fingerprint density at radius 1 is 0.462 bits per heavy atom. The Morgan fingerprint density at radius 2 is 0.942 bits per heavy atom. The summed E-state index contributed by atoms with van der Waals surface area (Å²) in [6, 6.07) is 41.2. The van der Waals surface area contributed by atoms with Crippen molar-refractivity contribution in [3.05, 3.63) is 190 Å². The lowest BCUT2D eigenvalue weighted by molar-refractivity contribution is 0.0412. The van der Waals surface area contributed by atoms with E-state index in [1.165, 1.54) is 0 Å². The minimum atomic E-state index is -1.41. The van der Waals surface area contributed by atoms with Crippen molar-refractivity contribution in [3.63, 3.8) is 0 Å². The number of fused-ring (bicyclic) bond motifs is 6. The lowest BCUT2D eigenvalue weighted by Gasteiger charge is -2.24. The first kappa shape index (κ1) is 32.2. The van der Waals surface area contributed by atoms with Gasteiger partial charge in [0.05, 0.1) is 34.9 Å². The molecule has 6 unspecified atom stereocenters. The fourth-order valence-corrected chi connectivity index (χ4v) is 7.92. The number of H-pyrrole nitrogens is 1. The molecule has 9 rings (SSSR count). The van der Waals surface area contributed by atoms with Crippen LogP contribution in [0, 0.1) is 0 Å². The van der Waals surface area contributed by atoms with Crippen LogP contribution in [0.25, 0.3) is 22.3 Å². The van der Waals surface area contributed by atoms with E-state index in [1.807, 2.05) is 146 Å². The standard InChI is InChI=1S/C44H36N4O4/c49-41-37-34(26-15-7-2-8-16-26)31-23-21-29(45-31)33(25-13-5-1-6-14-25)30-22-24-32(46-30)35(27-17-9-3-10-18-27)38-42(50)44(52)40(48-38)36(39(47-37)43(41)51)28-19-11-4-12-20-28/h1-24,37,39,41-44,46-47,49-52H. The summed E-state index contributed by atoms with van der Waals surface area (Å²) in [4.78, 5) is 13.9. The van der Waals surface area contributed by atoms with Crippen LogP contribution in [-0.2, 0) is 0 Å². The van der Waals surface area contributed by atoms with Gasteiger partial charge in [-0.25, -0.2) is 4.99 Å². The molecule has 4 aliphatic heterocycles. The van der Waals surface area contributed by atoms with E-state index in [0.717, 1.165) is 38.9 Å². The van der Waals surface area contributed by atoms with Crippen molar-refractivity contribution in [1.82, 2.24) is 10.3 Å². The topological polar surface area (TPSA) is 133 Å². The Labute approximate surface area is 300 Å². The molecule has 0 spiro atoms. The Bertz CT molecular complexity index is 2450. The van der Waals surface area contributed by atoms with Gasteiger partial charge in [0.2, 0.25) is 0 Å². The van der Waals surface area contributed by atoms with Crippen LogP contribution in [0.5, 0.6) is 0 Å². The maximum absolute atomic E-state index is 11.9. The second-order valence-corrected chi connectivity index (χ2v) is 13.4. The molecule has 1 aromatic heterocycles. The van der Waals surface area contributed by atoms with Gasteiger partial charge in [-0.15, -0.1) is 0 Å². The van der Waals surface area contributed by atoms with Crippen LogP contribution in [0.15, 0.2) is 167 Å². The number of allylic oxidation sites excluding steroid dienone is 2. The highest BCUT2D eigenvalue weighted by Gasteiger charge is 2.48. The smallest absolute Gasteiger partial charge is 0.128 e. The molecule has 5 heterocycles. The highest BCUT2D eigenvalue weighted by molar-refractivity contribution is 6.30. The molecule has 6 atom stereocenters. The van der Waals surface area contributed by atoms with Gasteiger partial charge in [-0.1, -0.05) is 121 Å². The summed E-state index contributed by atoms with van der Waals surface area (Å²) < 4.78 is 0. The van der Waals surface area contributed by atoms with Gasteiger partial charge in [0.15, 0.2) is 0 Å². The van der Waals surface area contributed by atoms with Gasteiger partial charge in [-0.05, 0) is 46.5 Å². The first-order chi connectivity index (χ1) is 25.5. The molecule has 4 aromatic carbocycles. The average molecular weight is 685 g/mol. The van der Waals surface area contributed by atoms with Crippen molar-refractivity contribution in [1.29, 1.82) is 0 Å². The molecule has 0 saturated carbocycles. The number of nitrogens with zero attached hydrogens (tertiary/aromatic N) is 2. The summed E-state index contributed by atoms with van der Waals surface area (Å²) in [6.45, 7) is 0. The van der Waals surface area contributed by atoms with Gasteiger partial charge >= 0.3 is 0 Å². The molecular formula is C44H36N4O4. The molecule has 1 fully saturated rings. The van der Waals surface area contributed by atoms with Crippen LogP contribution in [0.1, 0.15) is 22.3 Å². The molecule has 4 aliphatic rings. The van der Waals surface area contributed by atoms with E-state index in [4.69, 9.17) is 9.98 Å². The van der Waals surface area contributed by atoms with Crippen LogP contribution in [0.3, 0.4) is 0 Å². The molecule has 6 N–H and O–H groups in total. The monoisotopic (exact) mass is 684 g/mol. The van der Waals surface area contributed by atoms with Gasteiger partial charge in [0.1, 0.15) is 24.4 Å². The van der Waals surface area contributed by atoms with Gasteiger partial charge in [0, 0.05) is 33.0 Å². The van der Waals surface area contributed by atoms with E-state index in [9.17, 15) is 20.4 Å². The number of rotatable bonds is 4. The van der Waals surface area contributed by atoms with Crippen molar-refractivity contribution in [2.24, 2.45) is 9.98 Å². The number of aliphatic hydroxyl groups is 4. The van der Waals surface area contributed by atoms with E-state index in [2.05, 4.69) is 10.3 Å². The van der Waals surface area contributed by atoms with E-state index in [1.54, 1.807) is 0 Å². The second kappa shape index (κ2) is 13.1. The number of aliphatic imine (C=N–C) groups is 2. The lowest BCUT2D eigenvalue weighted by atomic mass is 9.89. The molecule has 8 heteroatoms. The molecular weight excluding hydrogens is 649 g/mol. The Balaban J connectivity index is 1.42. The molecule has 0 amide bonds. The summed E-state index contributed by atoms with van der Waals surface area (Å²) in [5.41, 5.74) is 7.89. The maximum atomic E-state index is 11.9. The third-order valence-electron chi connectivity index (χ3n) is 10.3. The van der Waals surface area contributed by atoms with Crippen molar-refractivity contribution in [2.45, 2.75) is 36.5 Å². The van der Waals surface area contributed by atoms with Crippen molar-refractivity contribution < 1.29 is 20.4 Å². The van der Waals surface area contributed by atoms with Crippen LogP contribution in [0.2, 0.25) is 0 Å². The van der Waals surface area contributed by atoms with Crippen LogP contribution in [-0.4, -0.2) is 73.3 Å². The minimum Gasteiger partial charge on any atom is -0.388 e. The van der Waals surface area contributed by atoms with Crippen LogP contribution in [0.4, 0.5) is 0 Å². The zero-order chi connectivity index (χ0) is 35.3. The minimum absolute atomic E-state index is 0.219. The largest absolute Gasteiger partial charge is 0.388 e. The second-order valence-electron chi connectivity index (χ2n) is 13.4. The van der Waals surface area contributed by atoms with Gasteiger partial charge in [-0.2, -0.15) is 0 Å². The Kier molecular flexibility index (Phi) is 8.11. The van der Waals surface area contributed by atoms with Crippen molar-refractivity contribution in [3.8, 4) is 0 Å². The van der Waals surface area contributed by atoms with E-state index < -0.39 is 36.5 Å². The summed E-state index contributed by atoms with van der Waals surface area (Å²) in [7, 11) is 0. The third kappa shape index (κ3) is 5.36. The molecule has 1 saturated heterocycles. The van der Waals surface area contributed by atoms with Crippen molar-refractivity contribution in [2.75, 3.05) is 0 Å². The quantitative estimate of drug-likeness (QED) is 0.173. The van der Waals surface area contributed by atoms with Crippen LogP contribution < -0.4 is 16.0 Å². The molecule has 0 aliphatic carbocycles. The maximum Gasteiger partial charge on any atom is 0.128 e. The number of nitrogens with one attached hydrogen (secondary N) is 2.